The van der Waals surface area contributed by atoms with E-state index >= 15 is 0 Å². The van der Waals surface area contributed by atoms with Gasteiger partial charge in [0.05, 0.1) is 5.69 Å². The Labute approximate surface area is 102 Å². The van der Waals surface area contributed by atoms with Crippen LogP contribution in [0.2, 0.25) is 0 Å². The minimum absolute atomic E-state index is 0.524. The van der Waals surface area contributed by atoms with Gasteiger partial charge in [-0.1, -0.05) is 13.8 Å². The molecule has 0 saturated heterocycles. The largest absolute Gasteiger partial charge is 0.345 e. The van der Waals surface area contributed by atoms with Crippen LogP contribution in [0.3, 0.4) is 0 Å². The Morgan fingerprint density at radius 3 is 2.88 bits per heavy atom. The molecule has 0 aliphatic heterocycles. The third kappa shape index (κ3) is 2.95. The lowest BCUT2D eigenvalue weighted by Crippen LogP contribution is -2.25. The molecule has 0 aromatic carbocycles. The van der Waals surface area contributed by atoms with Gasteiger partial charge in [0.1, 0.15) is 0 Å². The monoisotopic (exact) mass is 239 g/mol. The molecule has 1 aliphatic rings. The molecule has 0 unspecified atom stereocenters. The number of rotatable bonds is 6. The summed E-state index contributed by atoms with van der Waals surface area (Å²) >= 11 is 1.78. The van der Waals surface area contributed by atoms with Crippen molar-refractivity contribution in [1.82, 2.24) is 10.3 Å². The summed E-state index contributed by atoms with van der Waals surface area (Å²) in [5.41, 5.74) is 1.17. The molecule has 1 heterocycles. The number of hydrogen-bond donors (Lipinski definition) is 1. The molecular weight excluding hydrogens is 218 g/mol. The second kappa shape index (κ2) is 5.15. The molecule has 0 amide bonds. The molecule has 1 aromatic heterocycles. The summed E-state index contributed by atoms with van der Waals surface area (Å²) in [6.45, 7) is 8.50. The lowest BCUT2D eigenvalue weighted by molar-refractivity contribution is 0.582. The smallest absolute Gasteiger partial charge is 0.185 e. The van der Waals surface area contributed by atoms with Gasteiger partial charge in [-0.2, -0.15) is 0 Å². The Bertz CT molecular complexity index is 331. The predicted molar refractivity (Wildman–Crippen MR) is 70.1 cm³/mol. The van der Waals surface area contributed by atoms with E-state index < -0.39 is 0 Å². The Kier molecular flexibility index (Phi) is 3.82. The van der Waals surface area contributed by atoms with Crippen molar-refractivity contribution in [2.24, 2.45) is 0 Å². The van der Waals surface area contributed by atoms with Crippen LogP contribution in [0.1, 0.15) is 39.3 Å². The lowest BCUT2D eigenvalue weighted by Gasteiger charge is -2.18. The molecule has 0 bridgehead atoms. The van der Waals surface area contributed by atoms with Gasteiger partial charge < -0.3 is 10.2 Å². The Balaban J connectivity index is 1.95. The van der Waals surface area contributed by atoms with Crippen molar-refractivity contribution in [3.05, 3.63) is 11.1 Å². The zero-order chi connectivity index (χ0) is 11.5. The normalized spacial score (nSPS) is 15.8. The van der Waals surface area contributed by atoms with Crippen molar-refractivity contribution in [2.75, 3.05) is 11.4 Å². The van der Waals surface area contributed by atoms with Crippen LogP contribution in [0, 0.1) is 0 Å². The minimum atomic E-state index is 0.524. The van der Waals surface area contributed by atoms with E-state index in [0.29, 0.717) is 6.04 Å². The third-order valence-electron chi connectivity index (χ3n) is 2.81. The third-order valence-corrected chi connectivity index (χ3v) is 3.73. The van der Waals surface area contributed by atoms with E-state index in [0.717, 1.165) is 19.1 Å². The average Bonchev–Trinajstić information content (AvgIpc) is 2.96. The highest BCUT2D eigenvalue weighted by molar-refractivity contribution is 7.13. The maximum Gasteiger partial charge on any atom is 0.185 e. The second-order valence-corrected chi connectivity index (χ2v) is 5.51. The second-order valence-electron chi connectivity index (χ2n) is 4.67. The van der Waals surface area contributed by atoms with Crippen molar-refractivity contribution in [2.45, 2.75) is 52.2 Å². The van der Waals surface area contributed by atoms with Crippen LogP contribution in [0.15, 0.2) is 5.38 Å². The number of thiazole rings is 1. The molecule has 4 heteroatoms. The van der Waals surface area contributed by atoms with E-state index in [1.165, 1.54) is 23.7 Å². The van der Waals surface area contributed by atoms with Crippen LogP contribution in [0.4, 0.5) is 5.13 Å². The standard InChI is InChI=1S/C12H21N3S/c1-4-15(11-5-6-11)12-14-10(8-16-12)7-13-9(2)3/h8-9,11,13H,4-7H2,1-3H3. The van der Waals surface area contributed by atoms with Crippen LogP contribution in [0.25, 0.3) is 0 Å². The molecule has 1 saturated carbocycles. The highest BCUT2D eigenvalue weighted by atomic mass is 32.1. The molecule has 3 nitrogen and oxygen atoms in total. The molecule has 2 rings (SSSR count). The summed E-state index contributed by atoms with van der Waals surface area (Å²) in [6, 6.07) is 1.29. The highest BCUT2D eigenvalue weighted by Gasteiger charge is 2.29. The van der Waals surface area contributed by atoms with E-state index in [2.05, 4.69) is 36.4 Å². The molecule has 1 fully saturated rings. The minimum Gasteiger partial charge on any atom is -0.345 e. The number of aromatic nitrogens is 1. The Hall–Kier alpha value is -0.610. The molecule has 0 radical (unpaired) electrons. The van der Waals surface area contributed by atoms with E-state index in [4.69, 9.17) is 4.98 Å². The summed E-state index contributed by atoms with van der Waals surface area (Å²) in [4.78, 5) is 7.13. The van der Waals surface area contributed by atoms with Crippen molar-refractivity contribution in [1.29, 1.82) is 0 Å². The fourth-order valence-electron chi connectivity index (χ4n) is 1.75. The quantitative estimate of drug-likeness (QED) is 0.827. The molecular formula is C12H21N3S. The van der Waals surface area contributed by atoms with Gasteiger partial charge in [0.15, 0.2) is 5.13 Å². The van der Waals surface area contributed by atoms with E-state index in [1.54, 1.807) is 11.3 Å². The number of nitrogens with one attached hydrogen (secondary N) is 1. The van der Waals surface area contributed by atoms with Crippen molar-refractivity contribution >= 4 is 16.5 Å². The fraction of sp³-hybridized carbons (Fsp3) is 0.750. The van der Waals surface area contributed by atoms with Crippen molar-refractivity contribution in [3.63, 3.8) is 0 Å². The molecule has 0 spiro atoms. The van der Waals surface area contributed by atoms with Crippen LogP contribution in [0.5, 0.6) is 0 Å². The number of anilines is 1. The van der Waals surface area contributed by atoms with Gasteiger partial charge in [-0.3, -0.25) is 0 Å². The average molecular weight is 239 g/mol. The van der Waals surface area contributed by atoms with Gasteiger partial charge in [-0.15, -0.1) is 11.3 Å². The highest BCUT2D eigenvalue weighted by Crippen LogP contribution is 2.33. The first-order valence-corrected chi connectivity index (χ1v) is 7.03. The van der Waals surface area contributed by atoms with Gasteiger partial charge in [0.25, 0.3) is 0 Å². The maximum atomic E-state index is 4.70. The zero-order valence-electron chi connectivity index (χ0n) is 10.4. The fourth-order valence-corrected chi connectivity index (χ4v) is 2.71. The summed E-state index contributed by atoms with van der Waals surface area (Å²) in [7, 11) is 0. The maximum absolute atomic E-state index is 4.70. The molecule has 1 aromatic rings. The number of hydrogen-bond acceptors (Lipinski definition) is 4. The predicted octanol–water partition coefficient (Wildman–Crippen LogP) is 2.63. The van der Waals surface area contributed by atoms with Crippen LogP contribution in [-0.2, 0) is 6.54 Å². The van der Waals surface area contributed by atoms with Crippen LogP contribution in [-0.4, -0.2) is 23.6 Å². The van der Waals surface area contributed by atoms with Crippen molar-refractivity contribution in [3.8, 4) is 0 Å². The van der Waals surface area contributed by atoms with E-state index in [-0.39, 0.29) is 0 Å². The van der Waals surface area contributed by atoms with E-state index in [9.17, 15) is 0 Å². The first kappa shape index (κ1) is 11.9. The van der Waals surface area contributed by atoms with Crippen LogP contribution < -0.4 is 10.2 Å². The lowest BCUT2D eigenvalue weighted by atomic mass is 10.4. The Morgan fingerprint density at radius 2 is 2.31 bits per heavy atom. The molecule has 90 valence electrons. The van der Waals surface area contributed by atoms with Gasteiger partial charge in [-0.05, 0) is 19.8 Å². The topological polar surface area (TPSA) is 28.2 Å². The molecule has 16 heavy (non-hydrogen) atoms. The van der Waals surface area contributed by atoms with E-state index in [1.807, 2.05) is 0 Å². The molecule has 0 atom stereocenters. The molecule has 1 N–H and O–H groups in total. The number of nitrogens with zero attached hydrogens (tertiary/aromatic N) is 2. The first-order valence-electron chi connectivity index (χ1n) is 6.15. The summed E-state index contributed by atoms with van der Waals surface area (Å²) in [5.74, 6) is 0. The van der Waals surface area contributed by atoms with Gasteiger partial charge in [0, 0.05) is 30.6 Å². The van der Waals surface area contributed by atoms with Gasteiger partial charge in [0.2, 0.25) is 0 Å². The SMILES string of the molecule is CCN(c1nc(CNC(C)C)cs1)C1CC1. The Morgan fingerprint density at radius 1 is 1.56 bits per heavy atom. The summed E-state index contributed by atoms with van der Waals surface area (Å²) in [5, 5.41) is 6.78. The van der Waals surface area contributed by atoms with Gasteiger partial charge in [-0.25, -0.2) is 4.98 Å². The first-order chi connectivity index (χ1) is 7.70. The molecule has 1 aliphatic carbocycles. The summed E-state index contributed by atoms with van der Waals surface area (Å²) < 4.78 is 0. The van der Waals surface area contributed by atoms with Crippen LogP contribution >= 0.6 is 11.3 Å². The zero-order valence-corrected chi connectivity index (χ0v) is 11.2. The van der Waals surface area contributed by atoms with Gasteiger partial charge >= 0.3 is 0 Å². The summed E-state index contributed by atoms with van der Waals surface area (Å²) in [6.07, 6.45) is 2.68. The van der Waals surface area contributed by atoms with Crippen molar-refractivity contribution < 1.29 is 0 Å².